The summed E-state index contributed by atoms with van der Waals surface area (Å²) in [5, 5.41) is 0. The second-order valence-electron chi connectivity index (χ2n) is 7.28. The lowest BCUT2D eigenvalue weighted by molar-refractivity contribution is 0.0743. The Balaban J connectivity index is 1.82. The molecular weight excluding hydrogens is 348 g/mol. The van der Waals surface area contributed by atoms with Crippen LogP contribution in [0.3, 0.4) is 0 Å². The quantitative estimate of drug-likeness (QED) is 0.673. The Labute approximate surface area is 166 Å². The molecule has 0 aliphatic carbocycles. The summed E-state index contributed by atoms with van der Waals surface area (Å²) >= 11 is 0. The third-order valence-corrected chi connectivity index (χ3v) is 5.28. The number of benzene rings is 1. The fraction of sp³-hybridized carbons (Fsp3) is 0.304. The van der Waals surface area contributed by atoms with Crippen LogP contribution in [0.2, 0.25) is 0 Å². The topological polar surface area (TPSA) is 59.0 Å². The van der Waals surface area contributed by atoms with E-state index in [1.165, 1.54) is 11.1 Å². The van der Waals surface area contributed by atoms with E-state index < -0.39 is 0 Å². The van der Waals surface area contributed by atoms with Crippen molar-refractivity contribution in [2.45, 2.75) is 40.2 Å². The number of hydrogen-bond donors (Lipinski definition) is 0. The minimum atomic E-state index is -0.0150. The maximum absolute atomic E-state index is 13.0. The number of rotatable bonds is 5. The van der Waals surface area contributed by atoms with Crippen molar-refractivity contribution < 1.29 is 4.79 Å². The average molecular weight is 374 g/mol. The molecule has 2 aromatic heterocycles. The number of nitrogens with zero attached hydrogens (tertiary/aromatic N) is 4. The number of hydrogen-bond acceptors (Lipinski definition) is 4. The molecule has 0 saturated carbocycles. The van der Waals surface area contributed by atoms with Crippen LogP contribution in [-0.2, 0) is 6.42 Å². The first-order chi connectivity index (χ1) is 13.4. The zero-order valence-corrected chi connectivity index (χ0v) is 17.1. The first-order valence-electron chi connectivity index (χ1n) is 9.44. The predicted molar refractivity (Wildman–Crippen MR) is 111 cm³/mol. The van der Waals surface area contributed by atoms with Gasteiger partial charge in [0.2, 0.25) is 0 Å². The van der Waals surface area contributed by atoms with E-state index in [4.69, 9.17) is 4.98 Å². The van der Waals surface area contributed by atoms with Crippen molar-refractivity contribution in [1.29, 1.82) is 0 Å². The highest BCUT2D eigenvalue weighted by atomic mass is 16.2. The number of carbonyl (C=O) groups is 1. The lowest BCUT2D eigenvalue weighted by Gasteiger charge is -2.25. The molecule has 28 heavy (non-hydrogen) atoms. The number of likely N-dealkylation sites (N-methyl/N-ethyl adjacent to an activating group) is 1. The van der Waals surface area contributed by atoms with Crippen molar-refractivity contribution in [3.05, 3.63) is 77.0 Å². The van der Waals surface area contributed by atoms with E-state index in [0.29, 0.717) is 12.0 Å². The van der Waals surface area contributed by atoms with E-state index in [1.54, 1.807) is 23.5 Å². The van der Waals surface area contributed by atoms with Crippen LogP contribution < -0.4 is 0 Å². The minimum absolute atomic E-state index is 0.00912. The van der Waals surface area contributed by atoms with Gasteiger partial charge in [0.15, 0.2) is 0 Å². The Bertz CT molecular complexity index is 962. The zero-order valence-electron chi connectivity index (χ0n) is 17.1. The molecule has 144 valence electrons. The van der Waals surface area contributed by atoms with Gasteiger partial charge < -0.3 is 4.90 Å². The van der Waals surface area contributed by atoms with Crippen molar-refractivity contribution in [1.82, 2.24) is 19.9 Å². The van der Waals surface area contributed by atoms with Gasteiger partial charge in [-0.2, -0.15) is 0 Å². The van der Waals surface area contributed by atoms with Crippen LogP contribution in [0.1, 0.15) is 39.8 Å². The van der Waals surface area contributed by atoms with Gasteiger partial charge in [-0.05, 0) is 57.0 Å². The van der Waals surface area contributed by atoms with Crippen LogP contribution in [0.25, 0.3) is 11.3 Å². The monoisotopic (exact) mass is 374 g/mol. The van der Waals surface area contributed by atoms with Crippen LogP contribution in [-0.4, -0.2) is 38.8 Å². The third-order valence-electron chi connectivity index (χ3n) is 5.28. The van der Waals surface area contributed by atoms with Gasteiger partial charge in [0.1, 0.15) is 0 Å². The molecule has 0 N–H and O–H groups in total. The largest absolute Gasteiger partial charge is 0.339 e. The molecule has 0 aliphatic heterocycles. The molecule has 0 fully saturated rings. The molecule has 1 atom stereocenters. The molecule has 5 nitrogen and oxygen atoms in total. The molecule has 1 unspecified atom stereocenters. The van der Waals surface area contributed by atoms with Crippen molar-refractivity contribution in [3.63, 3.8) is 0 Å². The van der Waals surface area contributed by atoms with Crippen molar-refractivity contribution in [2.75, 3.05) is 7.05 Å². The standard InChI is InChI=1S/C23H26N4O/c1-15-11-22(26-18(4)17(15)3)19-7-6-8-20(13-19)23(28)27(5)16(2)12-21-14-24-9-10-25-21/h6-11,13-14,16H,12H2,1-5H3. The maximum atomic E-state index is 13.0. The SMILES string of the molecule is Cc1cc(-c2cccc(C(=O)N(C)C(C)Cc3cnccn3)c2)nc(C)c1C. The molecule has 0 radical (unpaired) electrons. The van der Waals surface area contributed by atoms with Gasteiger partial charge >= 0.3 is 0 Å². The number of aryl methyl sites for hydroxylation is 2. The molecule has 2 heterocycles. The van der Waals surface area contributed by atoms with Crippen LogP contribution >= 0.6 is 0 Å². The molecule has 0 bridgehead atoms. The normalized spacial score (nSPS) is 11.9. The Morgan fingerprint density at radius 1 is 1.14 bits per heavy atom. The summed E-state index contributed by atoms with van der Waals surface area (Å²) in [6.45, 7) is 8.20. The van der Waals surface area contributed by atoms with E-state index in [2.05, 4.69) is 29.9 Å². The molecule has 3 aromatic rings. The summed E-state index contributed by atoms with van der Waals surface area (Å²) in [6.07, 6.45) is 5.72. The van der Waals surface area contributed by atoms with Gasteiger partial charge in [-0.1, -0.05) is 12.1 Å². The van der Waals surface area contributed by atoms with Crippen molar-refractivity contribution in [3.8, 4) is 11.3 Å². The Kier molecular flexibility index (Phi) is 5.83. The second-order valence-corrected chi connectivity index (χ2v) is 7.28. The first kappa shape index (κ1) is 19.7. The summed E-state index contributed by atoms with van der Waals surface area (Å²) in [5.41, 5.74) is 6.79. The van der Waals surface area contributed by atoms with E-state index in [9.17, 15) is 4.79 Å². The smallest absolute Gasteiger partial charge is 0.253 e. The van der Waals surface area contributed by atoms with E-state index in [-0.39, 0.29) is 11.9 Å². The highest BCUT2D eigenvalue weighted by Crippen LogP contribution is 2.23. The first-order valence-corrected chi connectivity index (χ1v) is 9.44. The Morgan fingerprint density at radius 2 is 1.93 bits per heavy atom. The van der Waals surface area contributed by atoms with Crippen molar-refractivity contribution >= 4 is 5.91 Å². The van der Waals surface area contributed by atoms with Crippen LogP contribution in [0.5, 0.6) is 0 Å². The predicted octanol–water partition coefficient (Wildman–Crippen LogP) is 4.17. The average Bonchev–Trinajstić information content (AvgIpc) is 2.71. The van der Waals surface area contributed by atoms with Crippen LogP contribution in [0.15, 0.2) is 48.9 Å². The fourth-order valence-electron chi connectivity index (χ4n) is 3.13. The fourth-order valence-corrected chi connectivity index (χ4v) is 3.13. The second kappa shape index (κ2) is 8.30. The van der Waals surface area contributed by atoms with E-state index in [1.807, 2.05) is 45.2 Å². The number of carbonyl (C=O) groups excluding carboxylic acids is 1. The molecule has 5 heteroatoms. The lowest BCUT2D eigenvalue weighted by Crippen LogP contribution is -2.36. The van der Waals surface area contributed by atoms with E-state index in [0.717, 1.165) is 22.6 Å². The summed E-state index contributed by atoms with van der Waals surface area (Å²) in [7, 11) is 1.83. The Morgan fingerprint density at radius 3 is 2.61 bits per heavy atom. The number of aromatic nitrogens is 3. The molecule has 0 spiro atoms. The van der Waals surface area contributed by atoms with Gasteiger partial charge in [0.05, 0.1) is 11.4 Å². The summed E-state index contributed by atoms with van der Waals surface area (Å²) < 4.78 is 0. The molecule has 1 aromatic carbocycles. The number of pyridine rings is 1. The molecule has 0 saturated heterocycles. The van der Waals surface area contributed by atoms with Gasteiger partial charge in [0.25, 0.3) is 5.91 Å². The van der Waals surface area contributed by atoms with Gasteiger partial charge in [-0.25, -0.2) is 0 Å². The lowest BCUT2D eigenvalue weighted by atomic mass is 10.0. The van der Waals surface area contributed by atoms with Crippen LogP contribution in [0.4, 0.5) is 0 Å². The van der Waals surface area contributed by atoms with Gasteiger partial charge in [-0.3, -0.25) is 19.7 Å². The highest BCUT2D eigenvalue weighted by Gasteiger charge is 2.19. The van der Waals surface area contributed by atoms with E-state index >= 15 is 0 Å². The number of amides is 1. The van der Waals surface area contributed by atoms with Gasteiger partial charge in [-0.15, -0.1) is 0 Å². The highest BCUT2D eigenvalue weighted by molar-refractivity contribution is 5.95. The van der Waals surface area contributed by atoms with Crippen LogP contribution in [0, 0.1) is 20.8 Å². The minimum Gasteiger partial charge on any atom is -0.339 e. The molecule has 0 aliphatic rings. The Hall–Kier alpha value is -3.08. The molecule has 3 rings (SSSR count). The third kappa shape index (κ3) is 4.25. The molecule has 1 amide bonds. The zero-order chi connectivity index (χ0) is 20.3. The van der Waals surface area contributed by atoms with Crippen molar-refractivity contribution in [2.24, 2.45) is 0 Å². The summed E-state index contributed by atoms with van der Waals surface area (Å²) in [6, 6.07) is 9.77. The van der Waals surface area contributed by atoms with Gasteiger partial charge in [0, 0.05) is 54.9 Å². The molecular formula is C23H26N4O. The maximum Gasteiger partial charge on any atom is 0.253 e. The summed E-state index contributed by atoms with van der Waals surface area (Å²) in [4.78, 5) is 27.9. The summed E-state index contributed by atoms with van der Waals surface area (Å²) in [5.74, 6) is -0.0150.